The van der Waals surface area contributed by atoms with Crippen LogP contribution in [0.5, 0.6) is 0 Å². The minimum atomic E-state index is 0.704. The number of rotatable bonds is 7. The van der Waals surface area contributed by atoms with Crippen LogP contribution in [-0.2, 0) is 0 Å². The van der Waals surface area contributed by atoms with Crippen molar-refractivity contribution in [2.45, 2.75) is 63.7 Å². The Morgan fingerprint density at radius 1 is 0.875 bits per heavy atom. The topological polar surface area (TPSA) is 15.3 Å². The van der Waals surface area contributed by atoms with E-state index in [2.05, 4.69) is 40.5 Å². The van der Waals surface area contributed by atoms with Crippen molar-refractivity contribution < 1.29 is 0 Å². The third-order valence-corrected chi connectivity index (χ3v) is 6.11. The van der Waals surface area contributed by atoms with Crippen LogP contribution >= 0.6 is 0 Å². The molecule has 0 spiro atoms. The van der Waals surface area contributed by atoms with Gasteiger partial charge in [0, 0.05) is 19.6 Å². The van der Waals surface area contributed by atoms with Crippen LogP contribution in [0, 0.1) is 5.92 Å². The Labute approximate surface area is 149 Å². The molecule has 0 bridgehead atoms. The number of benzene rings is 1. The maximum Gasteiger partial charge on any atom is 0.0107 e. The van der Waals surface area contributed by atoms with E-state index in [1.54, 1.807) is 5.56 Å². The van der Waals surface area contributed by atoms with Crippen LogP contribution in [0.1, 0.15) is 69.3 Å². The monoisotopic (exact) mass is 328 g/mol. The molecule has 1 aliphatic heterocycles. The molecule has 0 amide bonds. The van der Waals surface area contributed by atoms with Crippen molar-refractivity contribution in [1.29, 1.82) is 0 Å². The molecule has 2 nitrogen and oxygen atoms in total. The highest BCUT2D eigenvalue weighted by atomic mass is 15.1. The zero-order valence-corrected chi connectivity index (χ0v) is 15.4. The van der Waals surface area contributed by atoms with Gasteiger partial charge in [0.2, 0.25) is 0 Å². The first-order valence-corrected chi connectivity index (χ1v) is 10.4. The quantitative estimate of drug-likeness (QED) is 0.722. The lowest BCUT2D eigenvalue weighted by molar-refractivity contribution is 0.270. The highest BCUT2D eigenvalue weighted by molar-refractivity contribution is 5.21. The van der Waals surface area contributed by atoms with Gasteiger partial charge in [0.05, 0.1) is 0 Å². The molecule has 1 aromatic rings. The SMILES string of the molecule is c1ccc([C@H](CNCCN2CCCCCC2)C2CCCCC2)cc1. The molecule has 3 rings (SSSR count). The van der Waals surface area contributed by atoms with E-state index >= 15 is 0 Å². The normalized spacial score (nSPS) is 22.2. The highest BCUT2D eigenvalue weighted by Gasteiger charge is 2.24. The van der Waals surface area contributed by atoms with Gasteiger partial charge in [-0.25, -0.2) is 0 Å². The minimum Gasteiger partial charge on any atom is -0.315 e. The first kappa shape index (κ1) is 17.9. The lowest BCUT2D eigenvalue weighted by Gasteiger charge is -2.31. The molecule has 0 radical (unpaired) electrons. The fourth-order valence-corrected chi connectivity index (χ4v) is 4.65. The minimum absolute atomic E-state index is 0.704. The van der Waals surface area contributed by atoms with Crippen molar-refractivity contribution >= 4 is 0 Å². The molecule has 0 unspecified atom stereocenters. The summed E-state index contributed by atoms with van der Waals surface area (Å²) in [7, 11) is 0. The average molecular weight is 329 g/mol. The molecule has 2 heteroatoms. The van der Waals surface area contributed by atoms with Gasteiger partial charge in [-0.05, 0) is 56.2 Å². The molecule has 1 aliphatic carbocycles. The molecule has 1 N–H and O–H groups in total. The summed E-state index contributed by atoms with van der Waals surface area (Å²) in [5.74, 6) is 1.59. The van der Waals surface area contributed by atoms with Crippen molar-refractivity contribution in [3.63, 3.8) is 0 Å². The van der Waals surface area contributed by atoms with Crippen molar-refractivity contribution in [3.8, 4) is 0 Å². The van der Waals surface area contributed by atoms with Gasteiger partial charge in [0.25, 0.3) is 0 Å². The predicted octanol–water partition coefficient (Wildman–Crippen LogP) is 4.82. The van der Waals surface area contributed by atoms with Crippen LogP contribution in [0.15, 0.2) is 30.3 Å². The van der Waals surface area contributed by atoms with Crippen molar-refractivity contribution in [3.05, 3.63) is 35.9 Å². The van der Waals surface area contributed by atoms with E-state index in [0.29, 0.717) is 5.92 Å². The number of hydrogen-bond acceptors (Lipinski definition) is 2. The summed E-state index contributed by atoms with van der Waals surface area (Å²) >= 11 is 0. The average Bonchev–Trinajstić information content (AvgIpc) is 2.92. The zero-order valence-electron chi connectivity index (χ0n) is 15.4. The fraction of sp³-hybridized carbons (Fsp3) is 0.727. The van der Waals surface area contributed by atoms with Gasteiger partial charge in [0.1, 0.15) is 0 Å². The van der Waals surface area contributed by atoms with Crippen molar-refractivity contribution in [1.82, 2.24) is 10.2 Å². The number of nitrogens with zero attached hydrogens (tertiary/aromatic N) is 1. The summed E-state index contributed by atoms with van der Waals surface area (Å²) in [5, 5.41) is 3.81. The largest absolute Gasteiger partial charge is 0.315 e. The maximum absolute atomic E-state index is 3.81. The summed E-state index contributed by atoms with van der Waals surface area (Å²) in [6, 6.07) is 11.3. The van der Waals surface area contributed by atoms with Crippen LogP contribution in [-0.4, -0.2) is 37.6 Å². The second-order valence-corrected chi connectivity index (χ2v) is 7.88. The molecular formula is C22H36N2. The van der Waals surface area contributed by atoms with Gasteiger partial charge >= 0.3 is 0 Å². The van der Waals surface area contributed by atoms with Gasteiger partial charge in [-0.3, -0.25) is 0 Å². The molecule has 2 aliphatic rings. The van der Waals surface area contributed by atoms with Crippen LogP contribution in [0.25, 0.3) is 0 Å². The van der Waals surface area contributed by atoms with E-state index in [1.807, 2.05) is 0 Å². The Balaban J connectivity index is 1.48. The third-order valence-electron chi connectivity index (χ3n) is 6.11. The van der Waals surface area contributed by atoms with E-state index in [9.17, 15) is 0 Å². The van der Waals surface area contributed by atoms with Gasteiger partial charge in [-0.15, -0.1) is 0 Å². The van der Waals surface area contributed by atoms with Gasteiger partial charge in [-0.2, -0.15) is 0 Å². The first-order chi connectivity index (χ1) is 11.9. The second-order valence-electron chi connectivity index (χ2n) is 7.88. The smallest absolute Gasteiger partial charge is 0.0107 e. The Kier molecular flexibility index (Phi) is 7.63. The van der Waals surface area contributed by atoms with Crippen molar-refractivity contribution in [2.24, 2.45) is 5.92 Å². The van der Waals surface area contributed by atoms with Crippen LogP contribution in [0.4, 0.5) is 0 Å². The lowest BCUT2D eigenvalue weighted by Crippen LogP contribution is -2.35. The molecule has 1 heterocycles. The zero-order chi connectivity index (χ0) is 16.5. The Morgan fingerprint density at radius 3 is 2.25 bits per heavy atom. The number of hydrogen-bond donors (Lipinski definition) is 1. The number of likely N-dealkylation sites (tertiary alicyclic amines) is 1. The van der Waals surface area contributed by atoms with E-state index in [1.165, 1.54) is 77.4 Å². The summed E-state index contributed by atoms with van der Waals surface area (Å²) in [6.07, 6.45) is 12.8. The van der Waals surface area contributed by atoms with E-state index in [4.69, 9.17) is 0 Å². The molecule has 0 aromatic heterocycles. The predicted molar refractivity (Wildman–Crippen MR) is 104 cm³/mol. The maximum atomic E-state index is 3.81. The molecule has 1 aromatic carbocycles. The molecular weight excluding hydrogens is 292 g/mol. The van der Waals surface area contributed by atoms with E-state index in [0.717, 1.165) is 19.0 Å². The molecule has 1 saturated heterocycles. The summed E-state index contributed by atoms with van der Waals surface area (Å²) < 4.78 is 0. The lowest BCUT2D eigenvalue weighted by atomic mass is 9.77. The third kappa shape index (κ3) is 5.60. The fourth-order valence-electron chi connectivity index (χ4n) is 4.65. The Hall–Kier alpha value is -0.860. The first-order valence-electron chi connectivity index (χ1n) is 10.4. The Bertz CT molecular complexity index is 431. The summed E-state index contributed by atoms with van der Waals surface area (Å²) in [6.45, 7) is 6.16. The molecule has 24 heavy (non-hydrogen) atoms. The van der Waals surface area contributed by atoms with Crippen LogP contribution < -0.4 is 5.32 Å². The van der Waals surface area contributed by atoms with Gasteiger partial charge in [0.15, 0.2) is 0 Å². The standard InChI is InChI=1S/C22H36N2/c1-2-10-17-24(16-9-1)18-15-23-19-22(20-11-5-3-6-12-20)21-13-7-4-8-14-21/h3,5-6,11-12,21-23H,1-2,4,7-10,13-19H2/t22-/m0/s1. The summed E-state index contributed by atoms with van der Waals surface area (Å²) in [4.78, 5) is 2.66. The molecule has 134 valence electrons. The van der Waals surface area contributed by atoms with Crippen molar-refractivity contribution in [2.75, 3.05) is 32.7 Å². The molecule has 1 saturated carbocycles. The van der Waals surface area contributed by atoms with Gasteiger partial charge < -0.3 is 10.2 Å². The van der Waals surface area contributed by atoms with Crippen LogP contribution in [0.2, 0.25) is 0 Å². The molecule has 1 atom stereocenters. The highest BCUT2D eigenvalue weighted by Crippen LogP contribution is 2.35. The molecule has 2 fully saturated rings. The summed E-state index contributed by atoms with van der Waals surface area (Å²) in [5.41, 5.74) is 1.55. The Morgan fingerprint density at radius 2 is 1.54 bits per heavy atom. The van der Waals surface area contributed by atoms with Crippen LogP contribution in [0.3, 0.4) is 0 Å². The van der Waals surface area contributed by atoms with E-state index in [-0.39, 0.29) is 0 Å². The van der Waals surface area contributed by atoms with Gasteiger partial charge in [-0.1, -0.05) is 62.4 Å². The number of nitrogens with one attached hydrogen (secondary N) is 1. The van der Waals surface area contributed by atoms with E-state index < -0.39 is 0 Å². The second kappa shape index (κ2) is 10.2.